The van der Waals surface area contributed by atoms with Crippen LogP contribution < -0.4 is 4.74 Å². The monoisotopic (exact) mass is 314 g/mol. The zero-order valence-electron chi connectivity index (χ0n) is 12.4. The van der Waals surface area contributed by atoms with Crippen molar-refractivity contribution in [2.45, 2.75) is 17.9 Å². The second-order valence-corrected chi connectivity index (χ2v) is 7.17. The molecule has 0 amide bonds. The molecule has 1 atom stereocenters. The fourth-order valence-corrected chi connectivity index (χ4v) is 3.89. The van der Waals surface area contributed by atoms with Crippen LogP contribution in [0.2, 0.25) is 0 Å². The molecule has 1 aromatic rings. The van der Waals surface area contributed by atoms with Gasteiger partial charge in [0, 0.05) is 38.8 Å². The summed E-state index contributed by atoms with van der Waals surface area (Å²) in [6.07, 6.45) is -0.397. The lowest BCUT2D eigenvalue weighted by molar-refractivity contribution is 0.103. The van der Waals surface area contributed by atoms with E-state index in [0.29, 0.717) is 38.5 Å². The molecule has 2 rings (SSSR count). The van der Waals surface area contributed by atoms with Crippen LogP contribution in [-0.4, -0.2) is 68.7 Å². The molecule has 0 unspecified atom stereocenters. The molecule has 1 N–H and O–H groups in total. The number of aliphatic hydroxyl groups excluding tert-OH is 1. The second kappa shape index (κ2) is 6.74. The van der Waals surface area contributed by atoms with E-state index in [-0.39, 0.29) is 4.90 Å². The lowest BCUT2D eigenvalue weighted by Gasteiger charge is -2.34. The van der Waals surface area contributed by atoms with Crippen LogP contribution >= 0.6 is 0 Å². The van der Waals surface area contributed by atoms with Crippen molar-refractivity contribution in [2.75, 3.05) is 39.8 Å². The van der Waals surface area contributed by atoms with Crippen molar-refractivity contribution in [1.29, 1.82) is 0 Å². The average Bonchev–Trinajstić information content (AvgIpc) is 2.47. The maximum atomic E-state index is 12.6. The number of nitrogens with zero attached hydrogens (tertiary/aromatic N) is 2. The first-order chi connectivity index (χ1) is 9.93. The number of hydrogen-bond acceptors (Lipinski definition) is 5. The van der Waals surface area contributed by atoms with Crippen LogP contribution in [0.1, 0.15) is 6.92 Å². The minimum absolute atomic E-state index is 0.255. The summed E-state index contributed by atoms with van der Waals surface area (Å²) in [6, 6.07) is 6.52. The first-order valence-corrected chi connectivity index (χ1v) is 8.42. The molecule has 0 aromatic heterocycles. The summed E-state index contributed by atoms with van der Waals surface area (Å²) in [4.78, 5) is 2.33. The number of hydrogen-bond donors (Lipinski definition) is 1. The Labute approximate surface area is 126 Å². The molecule has 118 valence electrons. The molecule has 0 radical (unpaired) electrons. The molecule has 1 heterocycles. The van der Waals surface area contributed by atoms with E-state index in [1.54, 1.807) is 25.1 Å². The third-order valence-electron chi connectivity index (χ3n) is 3.53. The average molecular weight is 314 g/mol. The Morgan fingerprint density at radius 2 is 1.95 bits per heavy atom. The number of piperazine rings is 1. The van der Waals surface area contributed by atoms with Gasteiger partial charge >= 0.3 is 0 Å². The maximum Gasteiger partial charge on any atom is 0.243 e. The van der Waals surface area contributed by atoms with Gasteiger partial charge in [0.25, 0.3) is 0 Å². The summed E-state index contributed by atoms with van der Waals surface area (Å²) < 4.78 is 31.7. The topological polar surface area (TPSA) is 70.1 Å². The largest absolute Gasteiger partial charge is 0.497 e. The van der Waals surface area contributed by atoms with E-state index in [9.17, 15) is 13.5 Å². The third-order valence-corrected chi connectivity index (χ3v) is 5.43. The molecule has 0 spiro atoms. The van der Waals surface area contributed by atoms with Crippen molar-refractivity contribution < 1.29 is 18.3 Å². The molecule has 1 saturated heterocycles. The van der Waals surface area contributed by atoms with Crippen molar-refractivity contribution in [3.05, 3.63) is 24.3 Å². The van der Waals surface area contributed by atoms with Crippen molar-refractivity contribution in [1.82, 2.24) is 9.21 Å². The third kappa shape index (κ3) is 3.94. The molecular formula is C14H22N2O4S. The van der Waals surface area contributed by atoms with Gasteiger partial charge in [0.2, 0.25) is 10.0 Å². The van der Waals surface area contributed by atoms with Gasteiger partial charge in [0.05, 0.1) is 18.1 Å². The van der Waals surface area contributed by atoms with Gasteiger partial charge < -0.3 is 9.84 Å². The molecule has 0 bridgehead atoms. The van der Waals surface area contributed by atoms with Gasteiger partial charge in [-0.1, -0.05) is 6.07 Å². The molecule has 7 heteroatoms. The van der Waals surface area contributed by atoms with Crippen LogP contribution in [-0.2, 0) is 10.0 Å². The predicted octanol–water partition coefficient (Wildman–Crippen LogP) is 0.382. The van der Waals surface area contributed by atoms with Crippen molar-refractivity contribution >= 4 is 10.0 Å². The van der Waals surface area contributed by atoms with Gasteiger partial charge in [-0.05, 0) is 19.1 Å². The lowest BCUT2D eigenvalue weighted by Crippen LogP contribution is -2.50. The van der Waals surface area contributed by atoms with Crippen LogP contribution in [0.25, 0.3) is 0 Å². The van der Waals surface area contributed by atoms with Gasteiger partial charge in [-0.25, -0.2) is 8.42 Å². The van der Waals surface area contributed by atoms with E-state index < -0.39 is 16.1 Å². The Morgan fingerprint density at radius 3 is 2.52 bits per heavy atom. The highest BCUT2D eigenvalue weighted by Gasteiger charge is 2.28. The summed E-state index contributed by atoms with van der Waals surface area (Å²) in [5.74, 6) is 0.531. The molecule has 1 fully saturated rings. The SMILES string of the molecule is COc1cccc(S(=O)(=O)N2CCN(C[C@H](C)O)CC2)c1. The molecule has 21 heavy (non-hydrogen) atoms. The minimum atomic E-state index is -3.48. The molecule has 6 nitrogen and oxygen atoms in total. The Kier molecular flexibility index (Phi) is 5.21. The molecule has 1 aliphatic heterocycles. The normalized spacial score (nSPS) is 19.4. The molecule has 1 aromatic carbocycles. The number of sulfonamides is 1. The highest BCUT2D eigenvalue weighted by Crippen LogP contribution is 2.21. The van der Waals surface area contributed by atoms with Crippen molar-refractivity contribution in [3.8, 4) is 5.75 Å². The quantitative estimate of drug-likeness (QED) is 0.851. The highest BCUT2D eigenvalue weighted by molar-refractivity contribution is 7.89. The van der Waals surface area contributed by atoms with Gasteiger partial charge in [-0.3, -0.25) is 4.90 Å². The number of β-amino-alcohol motifs (C(OH)–C–C–N with tert-alkyl or cyclic N) is 1. The number of benzene rings is 1. The van der Waals surface area contributed by atoms with E-state index in [1.807, 2.05) is 0 Å². The van der Waals surface area contributed by atoms with E-state index in [2.05, 4.69) is 4.90 Å². The van der Waals surface area contributed by atoms with Gasteiger partial charge in [-0.2, -0.15) is 4.31 Å². The fraction of sp³-hybridized carbons (Fsp3) is 0.571. The smallest absolute Gasteiger partial charge is 0.243 e. The number of methoxy groups -OCH3 is 1. The van der Waals surface area contributed by atoms with Crippen LogP contribution in [0, 0.1) is 0 Å². The summed E-state index contributed by atoms with van der Waals surface area (Å²) in [5, 5.41) is 9.38. The zero-order chi connectivity index (χ0) is 15.5. The second-order valence-electron chi connectivity index (χ2n) is 5.23. The summed E-state index contributed by atoms with van der Waals surface area (Å²) >= 11 is 0. The Bertz CT molecular complexity index is 566. The number of ether oxygens (including phenoxy) is 1. The zero-order valence-corrected chi connectivity index (χ0v) is 13.2. The summed E-state index contributed by atoms with van der Waals surface area (Å²) in [6.45, 7) is 4.45. The minimum Gasteiger partial charge on any atom is -0.497 e. The van der Waals surface area contributed by atoms with E-state index in [0.717, 1.165) is 0 Å². The van der Waals surface area contributed by atoms with Crippen LogP contribution in [0.15, 0.2) is 29.2 Å². The maximum absolute atomic E-state index is 12.6. The van der Waals surface area contributed by atoms with Crippen LogP contribution in [0.4, 0.5) is 0 Å². The first-order valence-electron chi connectivity index (χ1n) is 6.98. The van der Waals surface area contributed by atoms with E-state index >= 15 is 0 Å². The molecular weight excluding hydrogens is 292 g/mol. The summed E-state index contributed by atoms with van der Waals surface area (Å²) in [5.41, 5.74) is 0. The van der Waals surface area contributed by atoms with Gasteiger partial charge in [0.15, 0.2) is 0 Å². The van der Waals surface area contributed by atoms with E-state index in [4.69, 9.17) is 4.74 Å². The Morgan fingerprint density at radius 1 is 1.29 bits per heavy atom. The van der Waals surface area contributed by atoms with Crippen LogP contribution in [0.3, 0.4) is 0 Å². The van der Waals surface area contributed by atoms with Crippen molar-refractivity contribution in [3.63, 3.8) is 0 Å². The van der Waals surface area contributed by atoms with Gasteiger partial charge in [0.1, 0.15) is 5.75 Å². The van der Waals surface area contributed by atoms with Crippen molar-refractivity contribution in [2.24, 2.45) is 0 Å². The first kappa shape index (κ1) is 16.2. The summed E-state index contributed by atoms with van der Waals surface area (Å²) in [7, 11) is -1.97. The highest BCUT2D eigenvalue weighted by atomic mass is 32.2. The Balaban J connectivity index is 2.07. The predicted molar refractivity (Wildman–Crippen MR) is 79.9 cm³/mol. The lowest BCUT2D eigenvalue weighted by atomic mass is 10.3. The molecule has 0 saturated carbocycles. The van der Waals surface area contributed by atoms with Gasteiger partial charge in [-0.15, -0.1) is 0 Å². The Hall–Kier alpha value is -1.15. The standard InChI is InChI=1S/C14H22N2O4S/c1-12(17)11-15-6-8-16(9-7-15)21(18,19)14-5-3-4-13(10-14)20-2/h3-5,10,12,17H,6-9,11H2,1-2H3/t12-/m0/s1. The number of rotatable bonds is 5. The molecule has 1 aliphatic rings. The molecule has 0 aliphatic carbocycles. The van der Waals surface area contributed by atoms with E-state index in [1.165, 1.54) is 17.5 Å². The van der Waals surface area contributed by atoms with Crippen LogP contribution in [0.5, 0.6) is 5.75 Å². The fourth-order valence-electron chi connectivity index (χ4n) is 2.44. The number of aliphatic hydroxyl groups is 1.